The summed E-state index contributed by atoms with van der Waals surface area (Å²) in [5.74, 6) is -0.774. The van der Waals surface area contributed by atoms with Crippen LogP contribution in [0.3, 0.4) is 0 Å². The molecule has 1 aromatic rings. The van der Waals surface area contributed by atoms with E-state index >= 15 is 0 Å². The molecule has 0 aliphatic carbocycles. The molecule has 0 unspecified atom stereocenters. The molecule has 1 heterocycles. The van der Waals surface area contributed by atoms with Crippen molar-refractivity contribution in [2.75, 3.05) is 13.2 Å². The molecule has 0 bridgehead atoms. The van der Waals surface area contributed by atoms with Crippen molar-refractivity contribution in [1.29, 1.82) is 0 Å². The van der Waals surface area contributed by atoms with Gasteiger partial charge in [-0.1, -0.05) is 18.2 Å². The van der Waals surface area contributed by atoms with Gasteiger partial charge in [-0.2, -0.15) is 0 Å². The molecule has 17 heavy (non-hydrogen) atoms. The van der Waals surface area contributed by atoms with Crippen LogP contribution >= 0.6 is 0 Å². The number of nitrogens with two attached hydrogens (primary N) is 1. The highest BCUT2D eigenvalue weighted by molar-refractivity contribution is 6.04. The monoisotopic (exact) mass is 234 g/mol. The van der Waals surface area contributed by atoms with Crippen LogP contribution in [-0.4, -0.2) is 30.6 Å². The first kappa shape index (κ1) is 11.8. The molecule has 5 heteroatoms. The van der Waals surface area contributed by atoms with Crippen molar-refractivity contribution >= 4 is 11.8 Å². The zero-order chi connectivity index (χ0) is 12.3. The lowest BCUT2D eigenvalue weighted by molar-refractivity contribution is -0.127. The highest BCUT2D eigenvalue weighted by Gasteiger charge is 2.36. The van der Waals surface area contributed by atoms with Gasteiger partial charge in [-0.3, -0.25) is 14.9 Å². The minimum atomic E-state index is -0.610. The Hall–Kier alpha value is -1.72. The maximum absolute atomic E-state index is 11.6. The summed E-state index contributed by atoms with van der Waals surface area (Å²) in [4.78, 5) is 23.2. The van der Waals surface area contributed by atoms with Crippen LogP contribution in [0.2, 0.25) is 0 Å². The maximum atomic E-state index is 11.6. The summed E-state index contributed by atoms with van der Waals surface area (Å²) in [6.45, 7) is 0.722. The van der Waals surface area contributed by atoms with E-state index in [4.69, 9.17) is 10.5 Å². The summed E-state index contributed by atoms with van der Waals surface area (Å²) in [5.41, 5.74) is 5.67. The predicted octanol–water partition coefficient (Wildman–Crippen LogP) is 0.0608. The fraction of sp³-hybridized carbons (Fsp3) is 0.333. The molecule has 1 aliphatic heterocycles. The van der Waals surface area contributed by atoms with Crippen LogP contribution in [0.1, 0.15) is 16.8 Å². The minimum absolute atomic E-state index is 0.103. The summed E-state index contributed by atoms with van der Waals surface area (Å²) >= 11 is 0. The van der Waals surface area contributed by atoms with Crippen LogP contribution in [-0.2, 0) is 9.53 Å². The molecule has 0 spiro atoms. The SMILES string of the molecule is NC1(CC(=O)NC(=O)c2ccccc2)COC1. The van der Waals surface area contributed by atoms with Crippen molar-refractivity contribution in [1.82, 2.24) is 5.32 Å². The highest BCUT2D eigenvalue weighted by Crippen LogP contribution is 2.17. The van der Waals surface area contributed by atoms with Crippen LogP contribution in [0.15, 0.2) is 30.3 Å². The van der Waals surface area contributed by atoms with Crippen LogP contribution in [0.5, 0.6) is 0 Å². The molecular formula is C12H14N2O3. The van der Waals surface area contributed by atoms with Gasteiger partial charge in [-0.25, -0.2) is 0 Å². The van der Waals surface area contributed by atoms with Crippen molar-refractivity contribution < 1.29 is 14.3 Å². The number of carbonyl (C=O) groups excluding carboxylic acids is 2. The number of hydrogen-bond donors (Lipinski definition) is 2. The zero-order valence-corrected chi connectivity index (χ0v) is 9.31. The van der Waals surface area contributed by atoms with Gasteiger partial charge >= 0.3 is 0 Å². The maximum Gasteiger partial charge on any atom is 0.257 e. The molecular weight excluding hydrogens is 220 g/mol. The molecule has 90 valence electrons. The quantitative estimate of drug-likeness (QED) is 0.775. The first-order chi connectivity index (χ1) is 8.09. The van der Waals surface area contributed by atoms with Crippen LogP contribution < -0.4 is 11.1 Å². The normalized spacial score (nSPS) is 17.0. The molecule has 1 fully saturated rings. The Morgan fingerprint density at radius 2 is 1.94 bits per heavy atom. The van der Waals surface area contributed by atoms with Crippen molar-refractivity contribution in [3.8, 4) is 0 Å². The fourth-order valence-electron chi connectivity index (χ4n) is 1.62. The summed E-state index contributed by atoms with van der Waals surface area (Å²) in [6, 6.07) is 8.58. The lowest BCUT2D eigenvalue weighted by Gasteiger charge is -2.36. The Balaban J connectivity index is 1.89. The molecule has 5 nitrogen and oxygen atoms in total. The van der Waals surface area contributed by atoms with Gasteiger partial charge in [0, 0.05) is 12.0 Å². The van der Waals surface area contributed by atoms with E-state index in [9.17, 15) is 9.59 Å². The second-order valence-electron chi connectivity index (χ2n) is 4.28. The molecule has 2 amide bonds. The summed E-state index contributed by atoms with van der Waals surface area (Å²) in [6.07, 6.45) is 0.103. The van der Waals surface area contributed by atoms with E-state index in [2.05, 4.69) is 5.32 Å². The third-order valence-electron chi connectivity index (χ3n) is 2.58. The van der Waals surface area contributed by atoms with Gasteiger partial charge in [0.25, 0.3) is 5.91 Å². The largest absolute Gasteiger partial charge is 0.377 e. The topological polar surface area (TPSA) is 81.4 Å². The number of carbonyl (C=O) groups is 2. The zero-order valence-electron chi connectivity index (χ0n) is 9.31. The average molecular weight is 234 g/mol. The third kappa shape index (κ3) is 2.89. The molecule has 1 aromatic carbocycles. The number of nitrogens with one attached hydrogen (secondary N) is 1. The van der Waals surface area contributed by atoms with Gasteiger partial charge in [-0.05, 0) is 12.1 Å². The molecule has 0 saturated carbocycles. The lowest BCUT2D eigenvalue weighted by Crippen LogP contribution is -2.59. The summed E-state index contributed by atoms with van der Waals surface area (Å²) in [7, 11) is 0. The van der Waals surface area contributed by atoms with Crippen molar-refractivity contribution in [3.63, 3.8) is 0 Å². The van der Waals surface area contributed by atoms with E-state index in [0.29, 0.717) is 18.8 Å². The molecule has 0 aromatic heterocycles. The van der Waals surface area contributed by atoms with Gasteiger partial charge in [0.15, 0.2) is 0 Å². The van der Waals surface area contributed by atoms with E-state index in [1.165, 1.54) is 0 Å². The van der Waals surface area contributed by atoms with Gasteiger partial charge in [0.2, 0.25) is 5.91 Å². The number of amides is 2. The van der Waals surface area contributed by atoms with Gasteiger partial charge in [0.1, 0.15) is 0 Å². The number of rotatable bonds is 3. The molecule has 1 aliphatic rings. The van der Waals surface area contributed by atoms with Crippen molar-refractivity contribution in [2.45, 2.75) is 12.0 Å². The standard InChI is InChI=1S/C12H14N2O3/c13-12(7-17-8-12)6-10(15)14-11(16)9-4-2-1-3-5-9/h1-5H,6-8,13H2,(H,14,15,16). The molecule has 0 atom stereocenters. The highest BCUT2D eigenvalue weighted by atomic mass is 16.5. The van der Waals surface area contributed by atoms with Gasteiger partial charge in [0.05, 0.1) is 18.8 Å². The van der Waals surface area contributed by atoms with E-state index in [1.807, 2.05) is 0 Å². The molecule has 2 rings (SSSR count). The Morgan fingerprint density at radius 3 is 2.47 bits per heavy atom. The van der Waals surface area contributed by atoms with E-state index < -0.39 is 11.4 Å². The number of imide groups is 1. The van der Waals surface area contributed by atoms with E-state index in [0.717, 1.165) is 0 Å². The summed E-state index contributed by atoms with van der Waals surface area (Å²) in [5, 5.41) is 2.31. The number of ether oxygens (including phenoxy) is 1. The first-order valence-corrected chi connectivity index (χ1v) is 5.35. The third-order valence-corrected chi connectivity index (χ3v) is 2.58. The average Bonchev–Trinajstić information content (AvgIpc) is 2.28. The Kier molecular flexibility index (Phi) is 3.21. The Morgan fingerprint density at radius 1 is 1.29 bits per heavy atom. The smallest absolute Gasteiger partial charge is 0.257 e. The van der Waals surface area contributed by atoms with E-state index in [1.54, 1.807) is 30.3 Å². The molecule has 1 saturated heterocycles. The first-order valence-electron chi connectivity index (χ1n) is 5.35. The van der Waals surface area contributed by atoms with E-state index in [-0.39, 0.29) is 12.3 Å². The molecule has 0 radical (unpaired) electrons. The predicted molar refractivity (Wildman–Crippen MR) is 61.3 cm³/mol. The van der Waals surface area contributed by atoms with Crippen LogP contribution in [0.4, 0.5) is 0 Å². The number of hydrogen-bond acceptors (Lipinski definition) is 4. The summed E-state index contributed by atoms with van der Waals surface area (Å²) < 4.78 is 4.94. The second kappa shape index (κ2) is 4.65. The van der Waals surface area contributed by atoms with Crippen molar-refractivity contribution in [2.24, 2.45) is 5.73 Å². The van der Waals surface area contributed by atoms with Gasteiger partial charge < -0.3 is 10.5 Å². The minimum Gasteiger partial charge on any atom is -0.377 e. The van der Waals surface area contributed by atoms with Gasteiger partial charge in [-0.15, -0.1) is 0 Å². The number of benzene rings is 1. The lowest BCUT2D eigenvalue weighted by atomic mass is 9.94. The van der Waals surface area contributed by atoms with Crippen molar-refractivity contribution in [3.05, 3.63) is 35.9 Å². The fourth-order valence-corrected chi connectivity index (χ4v) is 1.62. The molecule has 3 N–H and O–H groups in total. The second-order valence-corrected chi connectivity index (χ2v) is 4.28. The Bertz CT molecular complexity index is 427. The Labute approximate surface area is 98.9 Å². The van der Waals surface area contributed by atoms with Crippen LogP contribution in [0, 0.1) is 0 Å². The van der Waals surface area contributed by atoms with Crippen LogP contribution in [0.25, 0.3) is 0 Å².